The average Bonchev–Trinajstić information content (AvgIpc) is 3.01. The van der Waals surface area contributed by atoms with Gasteiger partial charge >= 0.3 is 0 Å². The summed E-state index contributed by atoms with van der Waals surface area (Å²) in [5, 5.41) is 0. The summed E-state index contributed by atoms with van der Waals surface area (Å²) in [5.74, 6) is -0.761. The van der Waals surface area contributed by atoms with Gasteiger partial charge in [0.2, 0.25) is 0 Å². The lowest BCUT2D eigenvalue weighted by molar-refractivity contribution is -0.113. The fraction of sp³-hybridized carbons (Fsp3) is 0. The van der Waals surface area contributed by atoms with Crippen molar-refractivity contribution in [3.8, 4) is 0 Å². The maximum absolute atomic E-state index is 13.3. The molecule has 0 radical (unpaired) electrons. The zero-order valence-corrected chi connectivity index (χ0v) is 16.0. The second-order valence-corrected chi connectivity index (χ2v) is 7.06. The van der Waals surface area contributed by atoms with Crippen LogP contribution in [0.5, 0.6) is 0 Å². The lowest BCUT2D eigenvalue weighted by atomic mass is 10.1. The molecule has 28 heavy (non-hydrogen) atoms. The fourth-order valence-corrected chi connectivity index (χ4v) is 3.12. The molecule has 0 saturated heterocycles. The minimum Gasteiger partial charge on any atom is -0.266 e. The number of carbonyl (C=O) groups excluding carboxylic acids is 1. The van der Waals surface area contributed by atoms with Crippen LogP contribution in [0.1, 0.15) is 11.1 Å². The van der Waals surface area contributed by atoms with E-state index in [0.717, 1.165) is 10.0 Å². The average molecular weight is 439 g/mol. The van der Waals surface area contributed by atoms with E-state index in [0.29, 0.717) is 17.1 Å². The number of hydrogen-bond acceptors (Lipinski definition) is 2. The van der Waals surface area contributed by atoms with Crippen LogP contribution in [0, 0.1) is 11.6 Å². The van der Waals surface area contributed by atoms with Crippen molar-refractivity contribution in [2.75, 3.05) is 4.90 Å². The summed E-state index contributed by atoms with van der Waals surface area (Å²) in [6.45, 7) is 0. The quantitative estimate of drug-likeness (QED) is 0.492. The van der Waals surface area contributed by atoms with Crippen molar-refractivity contribution < 1.29 is 13.6 Å². The van der Waals surface area contributed by atoms with Gasteiger partial charge in [-0.05, 0) is 72.3 Å². The summed E-state index contributed by atoms with van der Waals surface area (Å²) in [4.78, 5) is 19.0. The van der Waals surface area contributed by atoms with Gasteiger partial charge in [0, 0.05) is 10.0 Å². The number of halogens is 3. The van der Waals surface area contributed by atoms with Crippen LogP contribution in [0.2, 0.25) is 0 Å². The molecule has 0 fully saturated rings. The molecule has 0 saturated carbocycles. The number of hydrogen-bond donors (Lipinski definition) is 0. The second-order valence-electron chi connectivity index (χ2n) is 6.14. The third kappa shape index (κ3) is 3.64. The van der Waals surface area contributed by atoms with E-state index < -0.39 is 5.82 Å². The first kappa shape index (κ1) is 18.3. The molecule has 3 aromatic rings. The van der Waals surface area contributed by atoms with Gasteiger partial charge in [-0.15, -0.1) is 0 Å². The predicted octanol–water partition coefficient (Wildman–Crippen LogP) is 5.56. The molecule has 1 heterocycles. The Balaban J connectivity index is 1.81. The molecule has 3 nitrogen and oxygen atoms in total. The highest BCUT2D eigenvalue weighted by Crippen LogP contribution is 2.28. The zero-order chi connectivity index (χ0) is 19.7. The van der Waals surface area contributed by atoms with Gasteiger partial charge in [-0.1, -0.05) is 28.1 Å². The van der Waals surface area contributed by atoms with E-state index in [4.69, 9.17) is 0 Å². The Bertz CT molecular complexity index is 1090. The Morgan fingerprint density at radius 1 is 0.821 bits per heavy atom. The van der Waals surface area contributed by atoms with Crippen molar-refractivity contribution in [1.29, 1.82) is 0 Å². The molecule has 1 aliphatic heterocycles. The van der Waals surface area contributed by atoms with Crippen molar-refractivity contribution in [2.45, 2.75) is 0 Å². The minimum absolute atomic E-state index is 0.242. The number of carbonyl (C=O) groups is 1. The molecule has 6 heteroatoms. The van der Waals surface area contributed by atoms with E-state index in [2.05, 4.69) is 20.9 Å². The smallest absolute Gasteiger partial charge is 0.266 e. The summed E-state index contributed by atoms with van der Waals surface area (Å²) < 4.78 is 27.6. The summed E-state index contributed by atoms with van der Waals surface area (Å²) in [6, 6.07) is 18.8. The van der Waals surface area contributed by atoms with Crippen LogP contribution in [0.25, 0.3) is 6.08 Å². The summed E-state index contributed by atoms with van der Waals surface area (Å²) in [6.07, 6.45) is 1.68. The number of aliphatic imine (C=N–C) groups is 1. The number of rotatable bonds is 3. The topological polar surface area (TPSA) is 32.7 Å². The molecule has 3 aromatic carbocycles. The van der Waals surface area contributed by atoms with Crippen LogP contribution >= 0.6 is 15.9 Å². The van der Waals surface area contributed by atoms with E-state index in [1.54, 1.807) is 18.2 Å². The van der Waals surface area contributed by atoms with Crippen LogP contribution in [-0.2, 0) is 4.79 Å². The van der Waals surface area contributed by atoms with E-state index in [-0.39, 0.29) is 17.4 Å². The molecule has 0 spiro atoms. The molecule has 0 atom stereocenters. The second kappa shape index (κ2) is 7.48. The SMILES string of the molecule is O=C1/C(=C\c2ccc(Br)cc2)N=C(c2ccc(F)cc2)N1c1ccc(F)cc1. The van der Waals surface area contributed by atoms with Crippen molar-refractivity contribution in [1.82, 2.24) is 0 Å². The molecule has 1 amide bonds. The molecule has 1 aliphatic rings. The lowest BCUT2D eigenvalue weighted by Gasteiger charge is -2.18. The minimum atomic E-state index is -0.402. The van der Waals surface area contributed by atoms with Crippen LogP contribution in [0.3, 0.4) is 0 Å². The Morgan fingerprint density at radius 2 is 1.39 bits per heavy atom. The van der Waals surface area contributed by atoms with E-state index >= 15 is 0 Å². The zero-order valence-electron chi connectivity index (χ0n) is 14.4. The number of anilines is 1. The Hall–Kier alpha value is -3.12. The van der Waals surface area contributed by atoms with Gasteiger partial charge in [0.05, 0.1) is 5.69 Å². The molecule has 0 bridgehead atoms. The van der Waals surface area contributed by atoms with Crippen molar-refractivity contribution in [2.24, 2.45) is 4.99 Å². The molecule has 138 valence electrons. The van der Waals surface area contributed by atoms with Crippen LogP contribution in [0.15, 0.2) is 88.0 Å². The van der Waals surface area contributed by atoms with Crippen molar-refractivity contribution in [3.63, 3.8) is 0 Å². The first-order valence-electron chi connectivity index (χ1n) is 8.43. The maximum atomic E-state index is 13.3. The standard InChI is InChI=1S/C22H13BrF2N2O/c23-16-5-1-14(2-6-16)13-20-22(28)27(19-11-9-18(25)10-12-19)21(26-20)15-3-7-17(24)8-4-15/h1-13H/b20-13+. The van der Waals surface area contributed by atoms with Crippen LogP contribution in [-0.4, -0.2) is 11.7 Å². The van der Waals surface area contributed by atoms with Gasteiger partial charge in [0.25, 0.3) is 5.91 Å². The number of amides is 1. The third-order valence-electron chi connectivity index (χ3n) is 4.22. The first-order valence-corrected chi connectivity index (χ1v) is 9.22. The summed E-state index contributed by atoms with van der Waals surface area (Å²) in [5.41, 5.74) is 2.12. The maximum Gasteiger partial charge on any atom is 0.282 e. The largest absolute Gasteiger partial charge is 0.282 e. The molecular weight excluding hydrogens is 426 g/mol. The van der Waals surface area contributed by atoms with Crippen LogP contribution in [0.4, 0.5) is 14.5 Å². The van der Waals surface area contributed by atoms with Gasteiger partial charge in [-0.25, -0.2) is 13.8 Å². The highest BCUT2D eigenvalue weighted by molar-refractivity contribution is 9.10. The number of benzene rings is 3. The predicted molar refractivity (Wildman–Crippen MR) is 109 cm³/mol. The molecule has 4 rings (SSSR count). The van der Waals surface area contributed by atoms with Gasteiger partial charge in [0.1, 0.15) is 23.2 Å². The van der Waals surface area contributed by atoms with E-state index in [1.165, 1.54) is 41.3 Å². The van der Waals surface area contributed by atoms with Gasteiger partial charge < -0.3 is 0 Å². The molecule has 0 aromatic heterocycles. The molecule has 0 unspecified atom stereocenters. The summed E-state index contributed by atoms with van der Waals surface area (Å²) >= 11 is 3.38. The normalized spacial score (nSPS) is 15.2. The lowest BCUT2D eigenvalue weighted by Crippen LogP contribution is -2.32. The van der Waals surface area contributed by atoms with Gasteiger partial charge in [-0.3, -0.25) is 9.69 Å². The Labute approximate surface area is 168 Å². The highest BCUT2D eigenvalue weighted by Gasteiger charge is 2.32. The van der Waals surface area contributed by atoms with E-state index in [1.807, 2.05) is 24.3 Å². The highest BCUT2D eigenvalue weighted by atomic mass is 79.9. The van der Waals surface area contributed by atoms with Crippen molar-refractivity contribution >= 4 is 39.4 Å². The first-order chi connectivity index (χ1) is 13.5. The van der Waals surface area contributed by atoms with Crippen LogP contribution < -0.4 is 4.90 Å². The third-order valence-corrected chi connectivity index (χ3v) is 4.75. The number of amidine groups is 1. The molecular formula is C22H13BrF2N2O. The van der Waals surface area contributed by atoms with Gasteiger partial charge in [-0.2, -0.15) is 0 Å². The summed E-state index contributed by atoms with van der Waals surface area (Å²) in [7, 11) is 0. The van der Waals surface area contributed by atoms with Crippen molar-refractivity contribution in [3.05, 3.63) is 106 Å². The molecule has 0 aliphatic carbocycles. The van der Waals surface area contributed by atoms with Gasteiger partial charge in [0.15, 0.2) is 0 Å². The molecule has 0 N–H and O–H groups in total. The van der Waals surface area contributed by atoms with E-state index in [9.17, 15) is 13.6 Å². The Morgan fingerprint density at radius 3 is 2.00 bits per heavy atom. The Kier molecular flexibility index (Phi) is 4.88. The fourth-order valence-electron chi connectivity index (χ4n) is 2.86. The monoisotopic (exact) mass is 438 g/mol. The number of nitrogens with zero attached hydrogens (tertiary/aromatic N) is 2.